The average molecular weight is 231 g/mol. The smallest absolute Gasteiger partial charge is 0.134 e. The fourth-order valence-corrected chi connectivity index (χ4v) is 1.50. The minimum atomic E-state index is -0.804. The first-order valence-corrected chi connectivity index (χ1v) is 5.08. The fraction of sp³-hybridized carbons (Fsp3) is 0.455. The predicted octanol–water partition coefficient (Wildman–Crippen LogP) is 1.70. The van der Waals surface area contributed by atoms with Crippen molar-refractivity contribution in [3.63, 3.8) is 0 Å². The number of nitrogens with one attached hydrogen (secondary N) is 1. The van der Waals surface area contributed by atoms with Gasteiger partial charge in [-0.1, -0.05) is 0 Å². The highest BCUT2D eigenvalue weighted by atomic mass is 19.1. The van der Waals surface area contributed by atoms with E-state index in [0.29, 0.717) is 13.0 Å². The normalized spacial score (nSPS) is 12.8. The van der Waals surface area contributed by atoms with Crippen LogP contribution in [0.25, 0.3) is 0 Å². The molecule has 0 aromatic heterocycles. The quantitative estimate of drug-likeness (QED) is 0.676. The zero-order valence-electron chi connectivity index (χ0n) is 9.00. The van der Waals surface area contributed by atoms with Crippen molar-refractivity contribution in [1.29, 1.82) is 0 Å². The van der Waals surface area contributed by atoms with Gasteiger partial charge < -0.3 is 15.5 Å². The minimum Gasteiger partial charge on any atom is -0.507 e. The monoisotopic (exact) mass is 231 g/mol. The van der Waals surface area contributed by atoms with Gasteiger partial charge in [-0.2, -0.15) is 0 Å². The molecular weight excluding hydrogens is 216 g/mol. The van der Waals surface area contributed by atoms with Crippen LogP contribution in [-0.2, 0) is 0 Å². The second kappa shape index (κ2) is 5.77. The number of aliphatic hydroxyl groups excluding tert-OH is 1. The molecule has 0 spiro atoms. The van der Waals surface area contributed by atoms with Crippen LogP contribution < -0.4 is 5.32 Å². The molecule has 5 heteroatoms. The third kappa shape index (κ3) is 3.15. The van der Waals surface area contributed by atoms with Crippen molar-refractivity contribution in [3.05, 3.63) is 29.3 Å². The fourth-order valence-electron chi connectivity index (χ4n) is 1.50. The summed E-state index contributed by atoms with van der Waals surface area (Å²) in [6.45, 7) is 2.19. The maximum absolute atomic E-state index is 13.4. The van der Waals surface area contributed by atoms with Crippen molar-refractivity contribution in [1.82, 2.24) is 5.32 Å². The van der Waals surface area contributed by atoms with E-state index in [-0.39, 0.29) is 12.2 Å². The molecule has 0 radical (unpaired) electrons. The van der Waals surface area contributed by atoms with Gasteiger partial charge in [0.05, 0.1) is 0 Å². The number of aliphatic hydroxyl groups is 1. The zero-order valence-corrected chi connectivity index (χ0v) is 9.00. The van der Waals surface area contributed by atoms with E-state index in [9.17, 15) is 13.9 Å². The summed E-state index contributed by atoms with van der Waals surface area (Å²) in [6.07, 6.45) is 0.536. The van der Waals surface area contributed by atoms with Gasteiger partial charge in [0.1, 0.15) is 17.4 Å². The van der Waals surface area contributed by atoms with Crippen LogP contribution in [0.5, 0.6) is 5.75 Å². The van der Waals surface area contributed by atoms with E-state index in [4.69, 9.17) is 5.11 Å². The van der Waals surface area contributed by atoms with Crippen LogP contribution in [0.3, 0.4) is 0 Å². The van der Waals surface area contributed by atoms with Gasteiger partial charge in [0.25, 0.3) is 0 Å². The molecule has 1 rings (SSSR count). The van der Waals surface area contributed by atoms with E-state index in [1.165, 1.54) is 0 Å². The highest BCUT2D eigenvalue weighted by Gasteiger charge is 2.16. The van der Waals surface area contributed by atoms with E-state index < -0.39 is 23.4 Å². The first kappa shape index (κ1) is 12.9. The predicted molar refractivity (Wildman–Crippen MR) is 56.1 cm³/mol. The molecule has 16 heavy (non-hydrogen) atoms. The van der Waals surface area contributed by atoms with Gasteiger partial charge in [0.15, 0.2) is 0 Å². The first-order chi connectivity index (χ1) is 7.56. The van der Waals surface area contributed by atoms with E-state index in [0.717, 1.165) is 12.1 Å². The standard InChI is InChI=1S/C11H15F2NO2/c1-7(14-3-2-4-15)11-9(13)5-8(12)6-10(11)16/h5-7,14-16H,2-4H2,1H3. The highest BCUT2D eigenvalue weighted by molar-refractivity contribution is 5.36. The van der Waals surface area contributed by atoms with Crippen molar-refractivity contribution in [2.75, 3.05) is 13.2 Å². The lowest BCUT2D eigenvalue weighted by Crippen LogP contribution is -2.21. The molecule has 0 saturated heterocycles. The molecule has 0 aliphatic heterocycles. The van der Waals surface area contributed by atoms with E-state index >= 15 is 0 Å². The Morgan fingerprint density at radius 2 is 2.06 bits per heavy atom. The molecule has 0 aliphatic rings. The van der Waals surface area contributed by atoms with Crippen molar-refractivity contribution < 1.29 is 19.0 Å². The SMILES string of the molecule is CC(NCCCO)c1c(O)cc(F)cc1F. The van der Waals surface area contributed by atoms with Crippen molar-refractivity contribution in [2.24, 2.45) is 0 Å². The van der Waals surface area contributed by atoms with Crippen LogP contribution in [0.2, 0.25) is 0 Å². The molecule has 0 amide bonds. The number of rotatable bonds is 5. The van der Waals surface area contributed by atoms with E-state index in [1.54, 1.807) is 6.92 Å². The lowest BCUT2D eigenvalue weighted by molar-refractivity contribution is 0.283. The maximum Gasteiger partial charge on any atom is 0.134 e. The van der Waals surface area contributed by atoms with Gasteiger partial charge in [-0.3, -0.25) is 0 Å². The maximum atomic E-state index is 13.4. The summed E-state index contributed by atoms with van der Waals surface area (Å²) in [6, 6.07) is 1.18. The molecule has 1 aromatic carbocycles. The number of benzene rings is 1. The Balaban J connectivity index is 2.78. The number of hydrogen-bond acceptors (Lipinski definition) is 3. The Bertz CT molecular complexity index is 335. The molecule has 0 saturated carbocycles. The summed E-state index contributed by atoms with van der Waals surface area (Å²) < 4.78 is 26.1. The second-order valence-electron chi connectivity index (χ2n) is 3.57. The average Bonchev–Trinajstić information content (AvgIpc) is 2.16. The lowest BCUT2D eigenvalue weighted by Gasteiger charge is -2.16. The molecule has 90 valence electrons. The number of phenols is 1. The molecule has 1 unspecified atom stereocenters. The van der Waals surface area contributed by atoms with Crippen LogP contribution in [0.4, 0.5) is 8.78 Å². The largest absolute Gasteiger partial charge is 0.507 e. The van der Waals surface area contributed by atoms with Crippen LogP contribution in [-0.4, -0.2) is 23.4 Å². The summed E-state index contributed by atoms with van der Waals surface area (Å²) in [5.74, 6) is -1.98. The van der Waals surface area contributed by atoms with Gasteiger partial charge in [-0.25, -0.2) is 8.78 Å². The molecule has 0 bridgehead atoms. The van der Waals surface area contributed by atoms with E-state index in [2.05, 4.69) is 5.32 Å². The molecule has 0 heterocycles. The van der Waals surface area contributed by atoms with Gasteiger partial charge >= 0.3 is 0 Å². The minimum absolute atomic E-state index is 0.0393. The zero-order chi connectivity index (χ0) is 12.1. The number of halogens is 2. The molecule has 0 aliphatic carbocycles. The Hall–Kier alpha value is -1.20. The third-order valence-electron chi connectivity index (χ3n) is 2.29. The number of phenolic OH excluding ortho intramolecular Hbond substituents is 1. The molecular formula is C11H15F2NO2. The van der Waals surface area contributed by atoms with Crippen LogP contribution in [0, 0.1) is 11.6 Å². The lowest BCUT2D eigenvalue weighted by atomic mass is 10.1. The van der Waals surface area contributed by atoms with Crippen molar-refractivity contribution >= 4 is 0 Å². The number of hydrogen-bond donors (Lipinski definition) is 3. The summed E-state index contributed by atoms with van der Waals surface area (Å²) in [7, 11) is 0. The van der Waals surface area contributed by atoms with Gasteiger partial charge in [-0.05, 0) is 19.9 Å². The topological polar surface area (TPSA) is 52.5 Å². The Labute approximate surface area is 92.7 Å². The molecule has 0 fully saturated rings. The first-order valence-electron chi connectivity index (χ1n) is 5.08. The molecule has 1 atom stereocenters. The van der Waals surface area contributed by atoms with Gasteiger partial charge in [0.2, 0.25) is 0 Å². The van der Waals surface area contributed by atoms with Crippen molar-refractivity contribution in [3.8, 4) is 5.75 Å². The van der Waals surface area contributed by atoms with Crippen LogP contribution >= 0.6 is 0 Å². The Morgan fingerprint density at radius 1 is 1.38 bits per heavy atom. The molecule has 3 nitrogen and oxygen atoms in total. The third-order valence-corrected chi connectivity index (χ3v) is 2.29. The van der Waals surface area contributed by atoms with Crippen LogP contribution in [0.1, 0.15) is 24.9 Å². The van der Waals surface area contributed by atoms with Gasteiger partial charge in [-0.15, -0.1) is 0 Å². The summed E-state index contributed by atoms with van der Waals surface area (Å²) in [4.78, 5) is 0. The second-order valence-corrected chi connectivity index (χ2v) is 3.57. The summed E-state index contributed by atoms with van der Waals surface area (Å²) >= 11 is 0. The van der Waals surface area contributed by atoms with Crippen molar-refractivity contribution in [2.45, 2.75) is 19.4 Å². The Kier molecular flexibility index (Phi) is 4.64. The molecule has 3 N–H and O–H groups in total. The summed E-state index contributed by atoms with van der Waals surface area (Å²) in [5.41, 5.74) is 0.0411. The van der Waals surface area contributed by atoms with Crippen LogP contribution in [0.15, 0.2) is 12.1 Å². The van der Waals surface area contributed by atoms with Gasteiger partial charge in [0, 0.05) is 30.3 Å². The summed E-state index contributed by atoms with van der Waals surface area (Å²) in [5, 5.41) is 20.9. The highest BCUT2D eigenvalue weighted by Crippen LogP contribution is 2.27. The van der Waals surface area contributed by atoms with E-state index in [1.807, 2.05) is 0 Å². The molecule has 1 aromatic rings. The Morgan fingerprint density at radius 3 is 2.62 bits per heavy atom. The number of aromatic hydroxyl groups is 1.